The van der Waals surface area contributed by atoms with Crippen molar-refractivity contribution >= 4 is 5.91 Å². The fourth-order valence-electron chi connectivity index (χ4n) is 2.47. The second-order valence-electron chi connectivity index (χ2n) is 5.59. The predicted molar refractivity (Wildman–Crippen MR) is 93.5 cm³/mol. The molecule has 1 N–H and O–H groups in total. The molecule has 3 rings (SSSR count). The summed E-state index contributed by atoms with van der Waals surface area (Å²) in [6, 6.07) is 14.9. The number of nitrogens with one attached hydrogen (secondary N) is 1. The maximum atomic E-state index is 12.1. The highest BCUT2D eigenvalue weighted by molar-refractivity contribution is 5.94. The Morgan fingerprint density at radius 1 is 1.20 bits per heavy atom. The van der Waals surface area contributed by atoms with Crippen LogP contribution in [0, 0.1) is 6.92 Å². The van der Waals surface area contributed by atoms with Crippen molar-refractivity contribution in [1.29, 1.82) is 0 Å². The minimum absolute atomic E-state index is 0.117. The molecule has 1 amide bonds. The number of rotatable bonds is 6. The van der Waals surface area contributed by atoms with E-state index >= 15 is 0 Å². The first-order chi connectivity index (χ1) is 12.2. The number of benzene rings is 2. The molecule has 0 saturated carbocycles. The second kappa shape index (κ2) is 7.61. The molecule has 1 aromatic heterocycles. The summed E-state index contributed by atoms with van der Waals surface area (Å²) in [5.41, 5.74) is 2.45. The maximum absolute atomic E-state index is 12.1. The molecule has 0 spiro atoms. The van der Waals surface area contributed by atoms with E-state index in [0.29, 0.717) is 36.0 Å². The summed E-state index contributed by atoms with van der Waals surface area (Å²) in [5, 5.41) is 6.84. The topological polar surface area (TPSA) is 77.3 Å². The maximum Gasteiger partial charge on any atom is 0.251 e. The average Bonchev–Trinajstić information content (AvgIpc) is 3.10. The molecule has 0 fully saturated rings. The van der Waals surface area contributed by atoms with Gasteiger partial charge in [-0.2, -0.15) is 4.98 Å². The SMILES string of the molecule is COc1ccccc1-c1noc(CCNC(=O)c2cccc(C)c2)n1. The van der Waals surface area contributed by atoms with Crippen molar-refractivity contribution in [3.05, 3.63) is 65.5 Å². The summed E-state index contributed by atoms with van der Waals surface area (Å²) in [6.07, 6.45) is 0.458. The molecule has 0 bridgehead atoms. The molecule has 0 saturated heterocycles. The van der Waals surface area contributed by atoms with Crippen molar-refractivity contribution in [1.82, 2.24) is 15.5 Å². The van der Waals surface area contributed by atoms with E-state index in [2.05, 4.69) is 15.5 Å². The second-order valence-corrected chi connectivity index (χ2v) is 5.59. The van der Waals surface area contributed by atoms with Crippen molar-refractivity contribution in [2.24, 2.45) is 0 Å². The molecule has 0 radical (unpaired) electrons. The first-order valence-electron chi connectivity index (χ1n) is 7.98. The van der Waals surface area contributed by atoms with Crippen molar-refractivity contribution < 1.29 is 14.1 Å². The van der Waals surface area contributed by atoms with Crippen LogP contribution in [0.25, 0.3) is 11.4 Å². The highest BCUT2D eigenvalue weighted by Gasteiger charge is 2.13. The molecule has 128 valence electrons. The zero-order chi connectivity index (χ0) is 17.6. The molecule has 0 aliphatic carbocycles. The van der Waals surface area contributed by atoms with Crippen LogP contribution < -0.4 is 10.1 Å². The molecule has 25 heavy (non-hydrogen) atoms. The van der Waals surface area contributed by atoms with Gasteiger partial charge in [0.2, 0.25) is 11.7 Å². The van der Waals surface area contributed by atoms with E-state index in [1.807, 2.05) is 49.4 Å². The summed E-state index contributed by atoms with van der Waals surface area (Å²) in [5.74, 6) is 1.50. The Balaban J connectivity index is 1.60. The smallest absolute Gasteiger partial charge is 0.251 e. The zero-order valence-corrected chi connectivity index (χ0v) is 14.2. The fourth-order valence-corrected chi connectivity index (χ4v) is 2.47. The number of hydrogen-bond acceptors (Lipinski definition) is 5. The number of carbonyl (C=O) groups is 1. The third-order valence-electron chi connectivity index (χ3n) is 3.72. The number of nitrogens with zero attached hydrogens (tertiary/aromatic N) is 2. The lowest BCUT2D eigenvalue weighted by molar-refractivity contribution is 0.0953. The van der Waals surface area contributed by atoms with Gasteiger partial charge < -0.3 is 14.6 Å². The van der Waals surface area contributed by atoms with Crippen LogP contribution in [0.5, 0.6) is 5.75 Å². The number of ether oxygens (including phenoxy) is 1. The molecule has 2 aromatic carbocycles. The molecule has 0 aliphatic heterocycles. The van der Waals surface area contributed by atoms with Crippen LogP contribution >= 0.6 is 0 Å². The molecule has 6 nitrogen and oxygen atoms in total. The molecule has 3 aromatic rings. The molecule has 1 heterocycles. The van der Waals surface area contributed by atoms with E-state index in [4.69, 9.17) is 9.26 Å². The number of methoxy groups -OCH3 is 1. The van der Waals surface area contributed by atoms with Crippen molar-refractivity contribution in [2.45, 2.75) is 13.3 Å². The van der Waals surface area contributed by atoms with E-state index in [0.717, 1.165) is 11.1 Å². The van der Waals surface area contributed by atoms with Gasteiger partial charge >= 0.3 is 0 Å². The Morgan fingerprint density at radius 2 is 2.04 bits per heavy atom. The summed E-state index contributed by atoms with van der Waals surface area (Å²) in [7, 11) is 1.60. The fraction of sp³-hybridized carbons (Fsp3) is 0.211. The number of aromatic nitrogens is 2. The first kappa shape index (κ1) is 16.7. The quantitative estimate of drug-likeness (QED) is 0.748. The average molecular weight is 337 g/mol. The van der Waals surface area contributed by atoms with Gasteiger partial charge in [0.1, 0.15) is 5.75 Å². The van der Waals surface area contributed by atoms with Gasteiger partial charge in [0.25, 0.3) is 5.91 Å². The third kappa shape index (κ3) is 4.03. The van der Waals surface area contributed by atoms with E-state index in [1.165, 1.54) is 0 Å². The summed E-state index contributed by atoms with van der Waals surface area (Å²) < 4.78 is 10.6. The lowest BCUT2D eigenvalue weighted by atomic mass is 10.1. The Labute approximate surface area is 145 Å². The Bertz CT molecular complexity index is 874. The van der Waals surface area contributed by atoms with Gasteiger partial charge in [-0.1, -0.05) is 35.0 Å². The Hall–Kier alpha value is -3.15. The summed E-state index contributed by atoms with van der Waals surface area (Å²) in [6.45, 7) is 2.37. The van der Waals surface area contributed by atoms with Crippen LogP contribution in [-0.2, 0) is 6.42 Å². The van der Waals surface area contributed by atoms with Crippen LogP contribution in [-0.4, -0.2) is 29.7 Å². The van der Waals surface area contributed by atoms with Gasteiger partial charge in [0.05, 0.1) is 12.7 Å². The molecular weight excluding hydrogens is 318 g/mol. The zero-order valence-electron chi connectivity index (χ0n) is 14.2. The first-order valence-corrected chi connectivity index (χ1v) is 7.98. The van der Waals surface area contributed by atoms with E-state index in [-0.39, 0.29) is 5.91 Å². The number of para-hydroxylation sites is 1. The van der Waals surface area contributed by atoms with E-state index in [1.54, 1.807) is 13.2 Å². The molecule has 0 atom stereocenters. The molecule has 0 unspecified atom stereocenters. The van der Waals surface area contributed by atoms with E-state index in [9.17, 15) is 4.79 Å². The van der Waals surface area contributed by atoms with Crippen LogP contribution in [0.3, 0.4) is 0 Å². The van der Waals surface area contributed by atoms with Crippen LogP contribution in [0.15, 0.2) is 53.1 Å². The Morgan fingerprint density at radius 3 is 2.84 bits per heavy atom. The van der Waals surface area contributed by atoms with Crippen molar-refractivity contribution in [3.63, 3.8) is 0 Å². The number of aryl methyl sites for hydroxylation is 1. The molecule has 0 aliphatic rings. The minimum atomic E-state index is -0.117. The highest BCUT2D eigenvalue weighted by atomic mass is 16.5. The van der Waals surface area contributed by atoms with Gasteiger partial charge in [-0.25, -0.2) is 0 Å². The number of carbonyl (C=O) groups excluding carboxylic acids is 1. The van der Waals surface area contributed by atoms with Crippen molar-refractivity contribution in [2.75, 3.05) is 13.7 Å². The van der Waals surface area contributed by atoms with Gasteiger partial charge in [-0.3, -0.25) is 4.79 Å². The van der Waals surface area contributed by atoms with Crippen LogP contribution in [0.4, 0.5) is 0 Å². The van der Waals surface area contributed by atoms with Crippen LogP contribution in [0.1, 0.15) is 21.8 Å². The highest BCUT2D eigenvalue weighted by Crippen LogP contribution is 2.26. The molecular formula is C19H19N3O3. The standard InChI is InChI=1S/C19H19N3O3/c1-13-6-5-7-14(12-13)19(23)20-11-10-17-21-18(22-25-17)15-8-3-4-9-16(15)24-2/h3-9,12H,10-11H2,1-2H3,(H,20,23). The summed E-state index contributed by atoms with van der Waals surface area (Å²) >= 11 is 0. The lowest BCUT2D eigenvalue weighted by Crippen LogP contribution is -2.25. The number of hydrogen-bond donors (Lipinski definition) is 1. The third-order valence-corrected chi connectivity index (χ3v) is 3.72. The lowest BCUT2D eigenvalue weighted by Gasteiger charge is -2.04. The van der Waals surface area contributed by atoms with Crippen molar-refractivity contribution in [3.8, 4) is 17.1 Å². The Kier molecular flexibility index (Phi) is 5.09. The van der Waals surface area contributed by atoms with Gasteiger partial charge in [-0.15, -0.1) is 0 Å². The van der Waals surface area contributed by atoms with Gasteiger partial charge in [-0.05, 0) is 31.2 Å². The monoisotopic (exact) mass is 337 g/mol. The predicted octanol–water partition coefficient (Wildman–Crippen LogP) is 3.03. The van der Waals surface area contributed by atoms with Crippen LogP contribution in [0.2, 0.25) is 0 Å². The number of amides is 1. The van der Waals surface area contributed by atoms with Gasteiger partial charge in [0, 0.05) is 18.5 Å². The van der Waals surface area contributed by atoms with E-state index < -0.39 is 0 Å². The molecule has 6 heteroatoms. The largest absolute Gasteiger partial charge is 0.496 e. The summed E-state index contributed by atoms with van der Waals surface area (Å²) in [4.78, 5) is 16.5. The normalized spacial score (nSPS) is 10.5. The van der Waals surface area contributed by atoms with Gasteiger partial charge in [0.15, 0.2) is 0 Å². The minimum Gasteiger partial charge on any atom is -0.496 e.